The molecule has 0 fully saturated rings. The highest BCUT2D eigenvalue weighted by Crippen LogP contribution is 2.23. The highest BCUT2D eigenvalue weighted by Gasteiger charge is 2.11. The Morgan fingerprint density at radius 2 is 2.14 bits per heavy atom. The third-order valence-corrected chi connectivity index (χ3v) is 2.39. The molecule has 0 unspecified atom stereocenters. The maximum Gasteiger partial charge on any atom is 0.196 e. The van der Waals surface area contributed by atoms with E-state index in [9.17, 15) is 0 Å². The molecule has 5 heteroatoms. The largest absolute Gasteiger partial charge is 0.493 e. The Bertz CT molecular complexity index is 492. The molecule has 0 aromatic carbocycles. The van der Waals surface area contributed by atoms with Crippen LogP contribution in [0.3, 0.4) is 0 Å². The zero-order valence-electron chi connectivity index (χ0n) is 8.21. The number of aryl methyl sites for hydroxylation is 2. The highest BCUT2D eigenvalue weighted by molar-refractivity contribution is 6.29. The van der Waals surface area contributed by atoms with Crippen LogP contribution < -0.4 is 4.74 Å². The Balaban J connectivity index is 2.87. The van der Waals surface area contributed by atoms with Gasteiger partial charge in [-0.2, -0.15) is 5.10 Å². The van der Waals surface area contributed by atoms with Gasteiger partial charge >= 0.3 is 0 Å². The van der Waals surface area contributed by atoms with E-state index in [1.807, 2.05) is 13.8 Å². The first-order chi connectivity index (χ1) is 6.63. The van der Waals surface area contributed by atoms with Gasteiger partial charge in [0.05, 0.1) is 18.5 Å². The zero-order chi connectivity index (χ0) is 10.3. The molecule has 0 aliphatic heterocycles. The Labute approximate surface area is 86.5 Å². The second-order valence-electron chi connectivity index (χ2n) is 3.05. The molecule has 0 radical (unpaired) electrons. The second kappa shape index (κ2) is 3.13. The lowest BCUT2D eigenvalue weighted by molar-refractivity contribution is 0.415. The van der Waals surface area contributed by atoms with Crippen LogP contribution in [0.4, 0.5) is 0 Å². The van der Waals surface area contributed by atoms with Crippen LogP contribution >= 0.6 is 11.6 Å². The van der Waals surface area contributed by atoms with E-state index in [1.54, 1.807) is 17.7 Å². The number of aromatic nitrogens is 3. The number of hydrogen-bond donors (Lipinski definition) is 0. The minimum absolute atomic E-state index is 0.398. The van der Waals surface area contributed by atoms with Crippen LogP contribution in [0.5, 0.6) is 5.75 Å². The number of halogens is 1. The first kappa shape index (κ1) is 9.27. The van der Waals surface area contributed by atoms with Crippen LogP contribution in [-0.2, 0) is 0 Å². The molecule has 0 atom stereocenters. The molecule has 2 aromatic rings. The van der Waals surface area contributed by atoms with Crippen LogP contribution in [0, 0.1) is 13.8 Å². The van der Waals surface area contributed by atoms with E-state index in [-0.39, 0.29) is 0 Å². The third-order valence-electron chi connectivity index (χ3n) is 2.20. The number of ether oxygens (including phenoxy) is 1. The van der Waals surface area contributed by atoms with Gasteiger partial charge in [0.2, 0.25) is 0 Å². The number of imidazole rings is 1. The maximum absolute atomic E-state index is 5.84. The number of rotatable bonds is 1. The fourth-order valence-corrected chi connectivity index (χ4v) is 1.50. The van der Waals surface area contributed by atoms with Gasteiger partial charge in [-0.3, -0.25) is 0 Å². The number of methoxy groups -OCH3 is 1. The summed E-state index contributed by atoms with van der Waals surface area (Å²) in [5, 5.41) is 4.54. The minimum atomic E-state index is 0.398. The Kier molecular flexibility index (Phi) is 2.07. The van der Waals surface area contributed by atoms with Gasteiger partial charge in [0.15, 0.2) is 16.5 Å². The lowest BCUT2D eigenvalue weighted by Crippen LogP contribution is -1.97. The lowest BCUT2D eigenvalue weighted by atomic mass is 10.4. The molecule has 4 nitrogen and oxygen atoms in total. The van der Waals surface area contributed by atoms with E-state index < -0.39 is 0 Å². The van der Waals surface area contributed by atoms with Gasteiger partial charge < -0.3 is 4.74 Å². The monoisotopic (exact) mass is 211 g/mol. The van der Waals surface area contributed by atoms with E-state index in [4.69, 9.17) is 16.3 Å². The SMILES string of the molecule is COc1cc(Cl)nn2c(C)c(C)nc12. The zero-order valence-corrected chi connectivity index (χ0v) is 8.96. The van der Waals surface area contributed by atoms with Crippen molar-refractivity contribution in [1.29, 1.82) is 0 Å². The quantitative estimate of drug-likeness (QED) is 0.725. The van der Waals surface area contributed by atoms with Crippen molar-refractivity contribution in [2.45, 2.75) is 13.8 Å². The normalized spacial score (nSPS) is 10.9. The molecule has 0 aliphatic rings. The van der Waals surface area contributed by atoms with Crippen molar-refractivity contribution in [1.82, 2.24) is 14.6 Å². The second-order valence-corrected chi connectivity index (χ2v) is 3.44. The van der Waals surface area contributed by atoms with Crippen molar-refractivity contribution in [2.24, 2.45) is 0 Å². The topological polar surface area (TPSA) is 39.4 Å². The molecule has 74 valence electrons. The predicted molar refractivity (Wildman–Crippen MR) is 54.0 cm³/mol. The van der Waals surface area contributed by atoms with Gasteiger partial charge in [-0.25, -0.2) is 9.50 Å². The first-order valence-corrected chi connectivity index (χ1v) is 4.57. The minimum Gasteiger partial charge on any atom is -0.493 e. The Morgan fingerprint density at radius 3 is 2.79 bits per heavy atom. The standard InChI is InChI=1S/C9H10ClN3O/c1-5-6(2)13-9(11-5)7(14-3)4-8(10)12-13/h4H,1-3H3. The molecule has 0 N–H and O–H groups in total. The van der Waals surface area contributed by atoms with Crippen LogP contribution in [0.1, 0.15) is 11.4 Å². The summed E-state index contributed by atoms with van der Waals surface area (Å²) in [5.74, 6) is 0.640. The van der Waals surface area contributed by atoms with Crippen LogP contribution in [0.25, 0.3) is 5.65 Å². The molecule has 0 saturated heterocycles. The summed E-state index contributed by atoms with van der Waals surface area (Å²) in [7, 11) is 1.59. The summed E-state index contributed by atoms with van der Waals surface area (Å²) in [6.45, 7) is 3.87. The average molecular weight is 212 g/mol. The molecule has 14 heavy (non-hydrogen) atoms. The molecule has 0 bridgehead atoms. The summed E-state index contributed by atoms with van der Waals surface area (Å²) in [6, 6.07) is 1.66. The first-order valence-electron chi connectivity index (χ1n) is 4.20. The van der Waals surface area contributed by atoms with Crippen molar-refractivity contribution in [3.8, 4) is 5.75 Å². The summed E-state index contributed by atoms with van der Waals surface area (Å²) in [6.07, 6.45) is 0. The van der Waals surface area contributed by atoms with E-state index in [0.717, 1.165) is 11.4 Å². The Hall–Kier alpha value is -1.29. The average Bonchev–Trinajstić information content (AvgIpc) is 2.43. The van der Waals surface area contributed by atoms with E-state index in [2.05, 4.69) is 10.1 Å². The smallest absolute Gasteiger partial charge is 0.196 e. The van der Waals surface area contributed by atoms with Crippen molar-refractivity contribution >= 4 is 17.2 Å². The molecule has 2 aromatic heterocycles. The predicted octanol–water partition coefficient (Wildman–Crippen LogP) is 2.01. The molecule has 2 rings (SSSR count). The van der Waals surface area contributed by atoms with Gasteiger partial charge in [0, 0.05) is 6.07 Å². The van der Waals surface area contributed by atoms with Gasteiger partial charge in [-0.15, -0.1) is 0 Å². The summed E-state index contributed by atoms with van der Waals surface area (Å²) in [4.78, 5) is 4.34. The fourth-order valence-electron chi connectivity index (χ4n) is 1.33. The van der Waals surface area contributed by atoms with Gasteiger partial charge in [-0.05, 0) is 13.8 Å². The van der Waals surface area contributed by atoms with Gasteiger partial charge in [0.1, 0.15) is 0 Å². The summed E-state index contributed by atoms with van der Waals surface area (Å²) >= 11 is 5.84. The van der Waals surface area contributed by atoms with E-state index in [1.165, 1.54) is 0 Å². The number of fused-ring (bicyclic) bond motifs is 1. The lowest BCUT2D eigenvalue weighted by Gasteiger charge is -2.02. The molecule has 0 spiro atoms. The van der Waals surface area contributed by atoms with Gasteiger partial charge in [0.25, 0.3) is 0 Å². The Morgan fingerprint density at radius 1 is 1.43 bits per heavy atom. The van der Waals surface area contributed by atoms with Crippen LogP contribution in [0.15, 0.2) is 6.07 Å². The molecular weight excluding hydrogens is 202 g/mol. The van der Waals surface area contributed by atoms with Crippen molar-refractivity contribution in [3.05, 3.63) is 22.6 Å². The summed E-state index contributed by atoms with van der Waals surface area (Å²) in [5.41, 5.74) is 2.60. The van der Waals surface area contributed by atoms with Crippen molar-refractivity contribution in [2.75, 3.05) is 7.11 Å². The highest BCUT2D eigenvalue weighted by atomic mass is 35.5. The van der Waals surface area contributed by atoms with E-state index in [0.29, 0.717) is 16.5 Å². The molecule has 0 aliphatic carbocycles. The fraction of sp³-hybridized carbons (Fsp3) is 0.333. The third kappa shape index (κ3) is 1.23. The molecule has 0 saturated carbocycles. The number of hydrogen-bond acceptors (Lipinski definition) is 3. The molecular formula is C9H10ClN3O. The summed E-state index contributed by atoms with van der Waals surface area (Å²) < 4.78 is 6.86. The maximum atomic E-state index is 5.84. The van der Waals surface area contributed by atoms with Crippen LogP contribution in [-0.4, -0.2) is 21.7 Å². The molecule has 2 heterocycles. The number of nitrogens with zero attached hydrogens (tertiary/aromatic N) is 3. The molecule has 0 amide bonds. The van der Waals surface area contributed by atoms with Crippen molar-refractivity contribution < 1.29 is 4.74 Å². The van der Waals surface area contributed by atoms with Crippen LogP contribution in [0.2, 0.25) is 5.15 Å². The van der Waals surface area contributed by atoms with Crippen molar-refractivity contribution in [3.63, 3.8) is 0 Å². The van der Waals surface area contributed by atoms with Gasteiger partial charge in [-0.1, -0.05) is 11.6 Å². The van der Waals surface area contributed by atoms with E-state index >= 15 is 0 Å².